The number of rotatable bonds is 9. The summed E-state index contributed by atoms with van der Waals surface area (Å²) in [6.07, 6.45) is 13.3. The molecule has 1 aliphatic heterocycles. The molecule has 1 unspecified atom stereocenters. The first-order chi connectivity index (χ1) is 11.1. The zero-order valence-corrected chi connectivity index (χ0v) is 14.8. The van der Waals surface area contributed by atoms with Crippen LogP contribution < -0.4 is 0 Å². The number of piperazine rings is 1. The summed E-state index contributed by atoms with van der Waals surface area (Å²) in [5.41, 5.74) is 1.27. The Balaban J connectivity index is 2.33. The summed E-state index contributed by atoms with van der Waals surface area (Å²) in [7, 11) is 0. The van der Waals surface area contributed by atoms with Gasteiger partial charge < -0.3 is 4.90 Å². The summed E-state index contributed by atoms with van der Waals surface area (Å²) < 4.78 is 0. The minimum Gasteiger partial charge on any atom is -0.337 e. The SMILES string of the molecule is C=CC(=O)N1CCN(CC/C(C=C)=C/C=C\CC(C)CC)CC1. The molecule has 23 heavy (non-hydrogen) atoms. The van der Waals surface area contributed by atoms with Gasteiger partial charge in [-0.25, -0.2) is 0 Å². The van der Waals surface area contributed by atoms with Crippen molar-refractivity contribution in [3.63, 3.8) is 0 Å². The summed E-state index contributed by atoms with van der Waals surface area (Å²) >= 11 is 0. The maximum atomic E-state index is 11.6. The van der Waals surface area contributed by atoms with Crippen LogP contribution in [0.25, 0.3) is 0 Å². The maximum Gasteiger partial charge on any atom is 0.246 e. The first kappa shape index (κ1) is 19.4. The van der Waals surface area contributed by atoms with Crippen molar-refractivity contribution in [3.05, 3.63) is 49.1 Å². The molecule has 1 atom stereocenters. The lowest BCUT2D eigenvalue weighted by Crippen LogP contribution is -2.48. The minimum atomic E-state index is 0.0442. The monoisotopic (exact) mass is 316 g/mol. The number of allylic oxidation sites excluding steroid dienone is 4. The minimum absolute atomic E-state index is 0.0442. The number of carbonyl (C=O) groups is 1. The second-order valence-corrected chi connectivity index (χ2v) is 6.24. The standard InChI is InChI=1S/C20H32N2O/c1-5-18(4)10-8-9-11-19(6-2)12-13-21-14-16-22(17-15-21)20(23)7-3/h6-9,11,18H,2-3,5,10,12-17H2,1,4H3/b9-8-,19-11+. The lowest BCUT2D eigenvalue weighted by Gasteiger charge is -2.34. The molecule has 1 saturated heterocycles. The van der Waals surface area contributed by atoms with Gasteiger partial charge in [0.2, 0.25) is 5.91 Å². The number of nitrogens with zero attached hydrogens (tertiary/aromatic N) is 2. The molecule has 3 heteroatoms. The van der Waals surface area contributed by atoms with Crippen molar-refractivity contribution >= 4 is 5.91 Å². The highest BCUT2D eigenvalue weighted by Crippen LogP contribution is 2.10. The van der Waals surface area contributed by atoms with E-state index in [1.807, 2.05) is 11.0 Å². The van der Waals surface area contributed by atoms with E-state index in [0.717, 1.165) is 51.5 Å². The van der Waals surface area contributed by atoms with Gasteiger partial charge in [0, 0.05) is 32.7 Å². The Labute approximate surface area is 142 Å². The van der Waals surface area contributed by atoms with Gasteiger partial charge in [0.05, 0.1) is 0 Å². The third kappa shape index (κ3) is 7.47. The number of carbonyl (C=O) groups excluding carboxylic acids is 1. The van der Waals surface area contributed by atoms with E-state index >= 15 is 0 Å². The molecule has 0 aliphatic carbocycles. The summed E-state index contributed by atoms with van der Waals surface area (Å²) in [5, 5.41) is 0. The van der Waals surface area contributed by atoms with Crippen LogP contribution in [-0.4, -0.2) is 48.4 Å². The summed E-state index contributed by atoms with van der Waals surface area (Å²) in [4.78, 5) is 15.8. The Morgan fingerprint density at radius 2 is 1.87 bits per heavy atom. The molecule has 3 nitrogen and oxygen atoms in total. The molecule has 0 saturated carbocycles. The van der Waals surface area contributed by atoms with Gasteiger partial charge in [-0.3, -0.25) is 9.69 Å². The van der Waals surface area contributed by atoms with Crippen molar-refractivity contribution in [2.45, 2.75) is 33.1 Å². The van der Waals surface area contributed by atoms with Crippen LogP contribution >= 0.6 is 0 Å². The zero-order chi connectivity index (χ0) is 17.1. The summed E-state index contributed by atoms with van der Waals surface area (Å²) in [6.45, 7) is 16.5. The van der Waals surface area contributed by atoms with Gasteiger partial charge in [-0.15, -0.1) is 0 Å². The third-order valence-electron chi connectivity index (χ3n) is 4.52. The number of amides is 1. The van der Waals surface area contributed by atoms with E-state index in [1.165, 1.54) is 18.1 Å². The maximum absolute atomic E-state index is 11.6. The Morgan fingerprint density at radius 3 is 2.43 bits per heavy atom. The molecule has 0 aromatic carbocycles. The van der Waals surface area contributed by atoms with Gasteiger partial charge in [-0.05, 0) is 30.4 Å². The van der Waals surface area contributed by atoms with Gasteiger partial charge in [-0.2, -0.15) is 0 Å². The lowest BCUT2D eigenvalue weighted by molar-refractivity contribution is -0.127. The molecule has 1 amide bonds. The Hall–Kier alpha value is -1.61. The molecular weight excluding hydrogens is 284 g/mol. The highest BCUT2D eigenvalue weighted by Gasteiger charge is 2.18. The van der Waals surface area contributed by atoms with Gasteiger partial charge in [0.15, 0.2) is 0 Å². The molecule has 1 rings (SSSR count). The van der Waals surface area contributed by atoms with Crippen molar-refractivity contribution < 1.29 is 4.79 Å². The van der Waals surface area contributed by atoms with Crippen LogP contribution in [0.5, 0.6) is 0 Å². The molecule has 0 aromatic rings. The van der Waals surface area contributed by atoms with Crippen LogP contribution in [0.1, 0.15) is 33.1 Å². The normalized spacial score (nSPS) is 18.2. The topological polar surface area (TPSA) is 23.6 Å². The highest BCUT2D eigenvalue weighted by molar-refractivity contribution is 5.87. The Kier molecular flexibility index (Phi) is 9.30. The van der Waals surface area contributed by atoms with E-state index in [0.29, 0.717) is 0 Å². The second-order valence-electron chi connectivity index (χ2n) is 6.24. The molecule has 1 heterocycles. The quantitative estimate of drug-likeness (QED) is 0.477. The molecule has 0 aromatic heterocycles. The third-order valence-corrected chi connectivity index (χ3v) is 4.52. The van der Waals surface area contributed by atoms with Crippen LogP contribution in [0.4, 0.5) is 0 Å². The average Bonchev–Trinajstić information content (AvgIpc) is 2.60. The molecule has 128 valence electrons. The van der Waals surface area contributed by atoms with Gasteiger partial charge >= 0.3 is 0 Å². The number of hydrogen-bond acceptors (Lipinski definition) is 2. The molecule has 0 bridgehead atoms. The van der Waals surface area contributed by atoms with Crippen LogP contribution in [0.2, 0.25) is 0 Å². The van der Waals surface area contributed by atoms with E-state index in [2.05, 4.69) is 50.1 Å². The van der Waals surface area contributed by atoms with Crippen molar-refractivity contribution in [2.24, 2.45) is 5.92 Å². The molecule has 1 fully saturated rings. The van der Waals surface area contributed by atoms with Crippen molar-refractivity contribution in [1.82, 2.24) is 9.80 Å². The van der Waals surface area contributed by atoms with Crippen molar-refractivity contribution in [2.75, 3.05) is 32.7 Å². The highest BCUT2D eigenvalue weighted by atomic mass is 16.2. The van der Waals surface area contributed by atoms with Gasteiger partial charge in [0.1, 0.15) is 0 Å². The van der Waals surface area contributed by atoms with Crippen LogP contribution in [0.15, 0.2) is 49.1 Å². The van der Waals surface area contributed by atoms with Gasteiger partial charge in [-0.1, -0.05) is 57.7 Å². The smallest absolute Gasteiger partial charge is 0.246 e. The molecule has 0 N–H and O–H groups in total. The fourth-order valence-corrected chi connectivity index (χ4v) is 2.53. The Morgan fingerprint density at radius 1 is 1.17 bits per heavy atom. The summed E-state index contributed by atoms with van der Waals surface area (Å²) in [6, 6.07) is 0. The predicted octanol–water partition coefficient (Wildman–Crippen LogP) is 3.81. The van der Waals surface area contributed by atoms with E-state index in [4.69, 9.17) is 0 Å². The predicted molar refractivity (Wildman–Crippen MR) is 99.3 cm³/mol. The lowest BCUT2D eigenvalue weighted by atomic mass is 10.0. The van der Waals surface area contributed by atoms with Crippen LogP contribution in [-0.2, 0) is 4.79 Å². The van der Waals surface area contributed by atoms with E-state index in [9.17, 15) is 4.79 Å². The molecule has 1 aliphatic rings. The second kappa shape index (κ2) is 11.0. The largest absolute Gasteiger partial charge is 0.337 e. The molecule has 0 spiro atoms. The van der Waals surface area contributed by atoms with Crippen molar-refractivity contribution in [3.8, 4) is 0 Å². The van der Waals surface area contributed by atoms with E-state index < -0.39 is 0 Å². The fourth-order valence-electron chi connectivity index (χ4n) is 2.53. The number of hydrogen-bond donors (Lipinski definition) is 0. The van der Waals surface area contributed by atoms with Gasteiger partial charge in [0.25, 0.3) is 0 Å². The molecule has 0 radical (unpaired) electrons. The summed E-state index contributed by atoms with van der Waals surface area (Å²) in [5.74, 6) is 0.796. The fraction of sp³-hybridized carbons (Fsp3) is 0.550. The first-order valence-corrected chi connectivity index (χ1v) is 8.72. The zero-order valence-electron chi connectivity index (χ0n) is 14.8. The van der Waals surface area contributed by atoms with Crippen LogP contribution in [0.3, 0.4) is 0 Å². The van der Waals surface area contributed by atoms with E-state index in [-0.39, 0.29) is 5.91 Å². The Bertz CT molecular complexity index is 443. The van der Waals surface area contributed by atoms with E-state index in [1.54, 1.807) is 0 Å². The first-order valence-electron chi connectivity index (χ1n) is 8.72. The average molecular weight is 316 g/mol. The van der Waals surface area contributed by atoms with Crippen molar-refractivity contribution in [1.29, 1.82) is 0 Å². The molecular formula is C20H32N2O. The van der Waals surface area contributed by atoms with Crippen LogP contribution in [0, 0.1) is 5.92 Å².